The van der Waals surface area contributed by atoms with Gasteiger partial charge in [0.15, 0.2) is 0 Å². The Labute approximate surface area is 118 Å². The Kier molecular flexibility index (Phi) is 4.71. The van der Waals surface area contributed by atoms with E-state index in [1.165, 1.54) is 32.1 Å². The van der Waals surface area contributed by atoms with Gasteiger partial charge in [-0.1, -0.05) is 19.3 Å². The van der Waals surface area contributed by atoms with E-state index in [-0.39, 0.29) is 5.95 Å². The number of rotatable bonds is 5. The van der Waals surface area contributed by atoms with Gasteiger partial charge in [0, 0.05) is 17.4 Å². The van der Waals surface area contributed by atoms with Gasteiger partial charge in [-0.15, -0.1) is 0 Å². The number of nitrogen functional groups attached to an aromatic ring is 2. The third-order valence-electron chi connectivity index (χ3n) is 3.68. The predicted molar refractivity (Wildman–Crippen MR) is 82.1 cm³/mol. The molecular weight excluding hydrogens is 260 g/mol. The summed E-state index contributed by atoms with van der Waals surface area (Å²) >= 11 is 1.95. The Morgan fingerprint density at radius 2 is 1.95 bits per heavy atom. The van der Waals surface area contributed by atoms with Gasteiger partial charge in [0.25, 0.3) is 0 Å². The van der Waals surface area contributed by atoms with Gasteiger partial charge in [-0.05, 0) is 19.1 Å². The quantitative estimate of drug-likeness (QED) is 0.482. The zero-order valence-electron chi connectivity index (χ0n) is 11.3. The Bertz CT molecular complexity index is 419. The first-order valence-corrected chi connectivity index (χ1v) is 7.80. The topological polar surface area (TPSA) is 102 Å². The van der Waals surface area contributed by atoms with Crippen LogP contribution < -0.4 is 22.3 Å². The number of hydrogen-bond donors (Lipinski definition) is 4. The molecule has 19 heavy (non-hydrogen) atoms. The monoisotopic (exact) mass is 282 g/mol. The fraction of sp³-hybridized carbons (Fsp3) is 0.667. The van der Waals surface area contributed by atoms with Crippen LogP contribution in [0.3, 0.4) is 0 Å². The first kappa shape index (κ1) is 14.2. The zero-order chi connectivity index (χ0) is 13.7. The predicted octanol–water partition coefficient (Wildman–Crippen LogP) is 1.82. The molecule has 1 aromatic heterocycles. The molecule has 0 atom stereocenters. The van der Waals surface area contributed by atoms with Crippen LogP contribution in [0.1, 0.15) is 32.1 Å². The lowest BCUT2D eigenvalue weighted by atomic mass is 9.88. The lowest BCUT2D eigenvalue weighted by molar-refractivity contribution is 0.411. The second-order valence-electron chi connectivity index (χ2n) is 4.94. The van der Waals surface area contributed by atoms with Gasteiger partial charge in [-0.2, -0.15) is 21.7 Å². The van der Waals surface area contributed by atoms with Crippen LogP contribution in [0.25, 0.3) is 0 Å². The van der Waals surface area contributed by atoms with E-state index in [0.717, 1.165) is 12.4 Å². The molecule has 0 bridgehead atoms. The summed E-state index contributed by atoms with van der Waals surface area (Å²) in [7, 11) is 0. The number of nitrogens with two attached hydrogens (primary N) is 2. The van der Waals surface area contributed by atoms with E-state index in [2.05, 4.69) is 27.0 Å². The van der Waals surface area contributed by atoms with Crippen molar-refractivity contribution >= 4 is 29.3 Å². The van der Waals surface area contributed by atoms with Crippen molar-refractivity contribution in [3.05, 3.63) is 6.07 Å². The Morgan fingerprint density at radius 1 is 1.26 bits per heavy atom. The standard InChI is InChI=1S/C12H22N6S/c1-19-12(5-3-2-4-6-12)8-15-9-7-10(18-14)17-11(13)16-9/h7H,2-6,8,14H2,1H3,(H4,13,15,16,17,18). The van der Waals surface area contributed by atoms with E-state index in [9.17, 15) is 0 Å². The van der Waals surface area contributed by atoms with E-state index < -0.39 is 0 Å². The summed E-state index contributed by atoms with van der Waals surface area (Å²) in [5, 5.41) is 3.37. The average molecular weight is 282 g/mol. The summed E-state index contributed by atoms with van der Waals surface area (Å²) in [5.41, 5.74) is 8.14. The van der Waals surface area contributed by atoms with Gasteiger partial charge in [0.05, 0.1) is 0 Å². The highest BCUT2D eigenvalue weighted by atomic mass is 32.2. The molecule has 0 radical (unpaired) electrons. The Morgan fingerprint density at radius 3 is 2.58 bits per heavy atom. The maximum atomic E-state index is 5.65. The van der Waals surface area contributed by atoms with Crippen LogP contribution in [0.4, 0.5) is 17.6 Å². The molecule has 1 heterocycles. The van der Waals surface area contributed by atoms with Crippen molar-refractivity contribution in [3.8, 4) is 0 Å². The van der Waals surface area contributed by atoms with Crippen molar-refractivity contribution in [1.29, 1.82) is 0 Å². The second-order valence-corrected chi connectivity index (χ2v) is 6.22. The van der Waals surface area contributed by atoms with Gasteiger partial charge in [-0.3, -0.25) is 0 Å². The van der Waals surface area contributed by atoms with E-state index in [1.807, 2.05) is 11.8 Å². The molecule has 0 aromatic carbocycles. The third kappa shape index (κ3) is 3.63. The van der Waals surface area contributed by atoms with Crippen LogP contribution >= 0.6 is 11.8 Å². The highest BCUT2D eigenvalue weighted by Gasteiger charge is 2.30. The van der Waals surface area contributed by atoms with Gasteiger partial charge in [0.1, 0.15) is 11.6 Å². The van der Waals surface area contributed by atoms with E-state index >= 15 is 0 Å². The molecule has 0 amide bonds. The molecule has 0 saturated heterocycles. The van der Waals surface area contributed by atoms with Gasteiger partial charge >= 0.3 is 0 Å². The molecular formula is C12H22N6S. The Hall–Kier alpha value is -1.21. The zero-order valence-corrected chi connectivity index (χ0v) is 12.1. The Balaban J connectivity index is 2.02. The van der Waals surface area contributed by atoms with Crippen LogP contribution in [0, 0.1) is 0 Å². The van der Waals surface area contributed by atoms with Gasteiger partial charge in [-0.25, -0.2) is 5.84 Å². The first-order chi connectivity index (χ1) is 9.17. The maximum absolute atomic E-state index is 5.65. The number of aromatic nitrogens is 2. The minimum Gasteiger partial charge on any atom is -0.368 e. The smallest absolute Gasteiger partial charge is 0.223 e. The largest absolute Gasteiger partial charge is 0.368 e. The first-order valence-electron chi connectivity index (χ1n) is 6.58. The minimum atomic E-state index is 0.222. The number of hydrazine groups is 1. The summed E-state index contributed by atoms with van der Waals surface area (Å²) in [5.74, 6) is 6.82. The fourth-order valence-corrected chi connectivity index (χ4v) is 3.44. The maximum Gasteiger partial charge on any atom is 0.223 e. The molecule has 6 nitrogen and oxygen atoms in total. The minimum absolute atomic E-state index is 0.222. The molecule has 0 aliphatic heterocycles. The molecule has 106 valence electrons. The highest BCUT2D eigenvalue weighted by Crippen LogP contribution is 2.38. The summed E-state index contributed by atoms with van der Waals surface area (Å²) in [6, 6.07) is 1.77. The number of anilines is 3. The van der Waals surface area contributed by atoms with E-state index in [1.54, 1.807) is 6.07 Å². The lowest BCUT2D eigenvalue weighted by Gasteiger charge is -2.36. The molecule has 1 aliphatic carbocycles. The van der Waals surface area contributed by atoms with Crippen LogP contribution in [-0.2, 0) is 0 Å². The molecule has 0 spiro atoms. The second kappa shape index (κ2) is 6.29. The summed E-state index contributed by atoms with van der Waals surface area (Å²) in [6.07, 6.45) is 8.67. The van der Waals surface area contributed by atoms with Crippen molar-refractivity contribution < 1.29 is 0 Å². The number of thioether (sulfide) groups is 1. The molecule has 1 aliphatic rings. The van der Waals surface area contributed by atoms with Crippen molar-refractivity contribution in [2.45, 2.75) is 36.9 Å². The van der Waals surface area contributed by atoms with Crippen LogP contribution in [-0.4, -0.2) is 27.5 Å². The molecule has 0 unspecified atom stereocenters. The lowest BCUT2D eigenvalue weighted by Crippen LogP contribution is -2.35. The number of hydrogen-bond acceptors (Lipinski definition) is 7. The van der Waals surface area contributed by atoms with Crippen molar-refractivity contribution in [3.63, 3.8) is 0 Å². The highest BCUT2D eigenvalue weighted by molar-refractivity contribution is 8.00. The summed E-state index contributed by atoms with van der Waals surface area (Å²) in [6.45, 7) is 0.897. The number of nitrogens with one attached hydrogen (secondary N) is 2. The van der Waals surface area contributed by atoms with Crippen molar-refractivity contribution in [2.75, 3.05) is 29.3 Å². The third-order valence-corrected chi connectivity index (χ3v) is 5.10. The molecule has 1 aromatic rings. The fourth-order valence-electron chi connectivity index (χ4n) is 2.53. The summed E-state index contributed by atoms with van der Waals surface area (Å²) in [4.78, 5) is 8.15. The van der Waals surface area contributed by atoms with Crippen LogP contribution in [0.2, 0.25) is 0 Å². The van der Waals surface area contributed by atoms with Gasteiger partial charge in [0.2, 0.25) is 5.95 Å². The average Bonchev–Trinajstić information content (AvgIpc) is 2.45. The SMILES string of the molecule is CSC1(CNc2cc(NN)nc(N)n2)CCCCC1. The molecule has 1 saturated carbocycles. The summed E-state index contributed by atoms with van der Waals surface area (Å²) < 4.78 is 0.314. The van der Waals surface area contributed by atoms with E-state index in [0.29, 0.717) is 10.6 Å². The van der Waals surface area contributed by atoms with Gasteiger partial charge < -0.3 is 16.5 Å². The van der Waals surface area contributed by atoms with Crippen molar-refractivity contribution in [2.24, 2.45) is 5.84 Å². The normalized spacial score (nSPS) is 18.0. The number of nitrogens with zero attached hydrogens (tertiary/aromatic N) is 2. The molecule has 2 rings (SSSR count). The molecule has 6 N–H and O–H groups in total. The van der Waals surface area contributed by atoms with Crippen LogP contribution in [0.5, 0.6) is 0 Å². The van der Waals surface area contributed by atoms with Crippen molar-refractivity contribution in [1.82, 2.24) is 9.97 Å². The molecule has 1 fully saturated rings. The molecule has 7 heteroatoms. The van der Waals surface area contributed by atoms with Crippen LogP contribution in [0.15, 0.2) is 6.07 Å². The van der Waals surface area contributed by atoms with E-state index in [4.69, 9.17) is 11.6 Å².